The lowest BCUT2D eigenvalue weighted by Crippen LogP contribution is -2.37. The number of nitriles is 1. The molecule has 1 aromatic rings. The molecule has 1 saturated heterocycles. The molecule has 14 heavy (non-hydrogen) atoms. The highest BCUT2D eigenvalue weighted by atomic mass is 15.2. The molecule has 70 valence electrons. The molecule has 2 rings (SSSR count). The van der Waals surface area contributed by atoms with E-state index < -0.39 is 0 Å². The van der Waals surface area contributed by atoms with Crippen LogP contribution in [0.15, 0.2) is 18.8 Å². The molecule has 1 aliphatic rings. The van der Waals surface area contributed by atoms with Crippen LogP contribution in [-0.2, 0) is 0 Å². The second kappa shape index (κ2) is 3.51. The van der Waals surface area contributed by atoms with Crippen molar-refractivity contribution in [2.45, 2.75) is 6.42 Å². The van der Waals surface area contributed by atoms with Crippen molar-refractivity contribution < 1.29 is 0 Å². The number of rotatable bonds is 2. The topological polar surface area (TPSA) is 39.9 Å². The van der Waals surface area contributed by atoms with Crippen molar-refractivity contribution in [2.75, 3.05) is 18.0 Å². The van der Waals surface area contributed by atoms with Crippen LogP contribution in [-0.4, -0.2) is 18.1 Å². The second-order valence-corrected chi connectivity index (χ2v) is 3.29. The number of hydrogen-bond acceptors (Lipinski definition) is 3. The summed E-state index contributed by atoms with van der Waals surface area (Å²) in [6.45, 7) is 5.74. The molecule has 0 aliphatic carbocycles. The molecule has 0 N–H and O–H groups in total. The Hall–Kier alpha value is -1.82. The van der Waals surface area contributed by atoms with E-state index >= 15 is 0 Å². The predicted octanol–water partition coefficient (Wildman–Crippen LogP) is 1.81. The maximum Gasteiger partial charge on any atom is 0.129 e. The Morgan fingerprint density at radius 1 is 1.57 bits per heavy atom. The van der Waals surface area contributed by atoms with Crippen LogP contribution in [0.2, 0.25) is 0 Å². The Balaban J connectivity index is 2.36. The Bertz CT molecular complexity index is 399. The van der Waals surface area contributed by atoms with Crippen LogP contribution in [0, 0.1) is 11.3 Å². The molecule has 0 bridgehead atoms. The lowest BCUT2D eigenvalue weighted by atomic mass is 10.1. The van der Waals surface area contributed by atoms with Crippen LogP contribution >= 0.6 is 0 Å². The van der Waals surface area contributed by atoms with Gasteiger partial charge in [0.25, 0.3) is 0 Å². The maximum absolute atomic E-state index is 8.90. The van der Waals surface area contributed by atoms with E-state index in [-0.39, 0.29) is 0 Å². The van der Waals surface area contributed by atoms with Gasteiger partial charge in [0.2, 0.25) is 0 Å². The van der Waals surface area contributed by atoms with Crippen molar-refractivity contribution in [2.24, 2.45) is 0 Å². The van der Waals surface area contributed by atoms with Gasteiger partial charge in [-0.3, -0.25) is 0 Å². The molecule has 3 nitrogen and oxygen atoms in total. The molecule has 0 atom stereocenters. The van der Waals surface area contributed by atoms with E-state index in [4.69, 9.17) is 5.26 Å². The number of pyridine rings is 1. The van der Waals surface area contributed by atoms with E-state index in [1.165, 1.54) is 6.42 Å². The molecule has 3 heteroatoms. The number of aromatic nitrogens is 1. The van der Waals surface area contributed by atoms with E-state index in [0.717, 1.165) is 24.5 Å². The highest BCUT2D eigenvalue weighted by molar-refractivity contribution is 5.59. The Morgan fingerprint density at radius 3 is 2.86 bits per heavy atom. The second-order valence-electron chi connectivity index (χ2n) is 3.29. The zero-order valence-electron chi connectivity index (χ0n) is 7.90. The first kappa shape index (κ1) is 8.76. The van der Waals surface area contributed by atoms with Crippen molar-refractivity contribution in [1.29, 1.82) is 5.26 Å². The highest BCUT2D eigenvalue weighted by Gasteiger charge is 2.16. The third kappa shape index (κ3) is 1.35. The molecule has 0 radical (unpaired) electrons. The summed E-state index contributed by atoms with van der Waals surface area (Å²) in [5, 5.41) is 8.90. The lowest BCUT2D eigenvalue weighted by molar-refractivity contribution is 0.609. The molecule has 2 heterocycles. The van der Waals surface area contributed by atoms with E-state index in [9.17, 15) is 0 Å². The summed E-state index contributed by atoms with van der Waals surface area (Å²) in [5.74, 6) is 0.901. The summed E-state index contributed by atoms with van der Waals surface area (Å²) < 4.78 is 0. The first-order valence-electron chi connectivity index (χ1n) is 4.62. The van der Waals surface area contributed by atoms with E-state index in [1.807, 2.05) is 6.07 Å². The van der Waals surface area contributed by atoms with Crippen LogP contribution in [0.1, 0.15) is 17.5 Å². The quantitative estimate of drug-likeness (QED) is 0.705. The van der Waals surface area contributed by atoms with Crippen LogP contribution < -0.4 is 4.90 Å². The maximum atomic E-state index is 8.90. The molecular weight excluding hydrogens is 174 g/mol. The fourth-order valence-corrected chi connectivity index (χ4v) is 1.43. The van der Waals surface area contributed by atoms with Gasteiger partial charge in [0.1, 0.15) is 5.82 Å². The summed E-state index contributed by atoms with van der Waals surface area (Å²) in [7, 11) is 0. The minimum Gasteiger partial charge on any atom is -0.356 e. The molecule has 1 aliphatic heterocycles. The number of nitrogens with zero attached hydrogens (tertiary/aromatic N) is 3. The summed E-state index contributed by atoms with van der Waals surface area (Å²) in [6.07, 6.45) is 4.58. The predicted molar refractivity (Wildman–Crippen MR) is 55.9 cm³/mol. The van der Waals surface area contributed by atoms with E-state index in [2.05, 4.69) is 22.5 Å². The van der Waals surface area contributed by atoms with Crippen molar-refractivity contribution in [1.82, 2.24) is 4.98 Å². The Labute approximate surface area is 83.3 Å². The van der Waals surface area contributed by atoms with Gasteiger partial charge in [-0.05, 0) is 12.5 Å². The third-order valence-corrected chi connectivity index (χ3v) is 2.44. The van der Waals surface area contributed by atoms with Crippen LogP contribution in [0.5, 0.6) is 0 Å². The largest absolute Gasteiger partial charge is 0.356 e. The van der Waals surface area contributed by atoms with Gasteiger partial charge in [0, 0.05) is 24.8 Å². The van der Waals surface area contributed by atoms with Gasteiger partial charge in [-0.15, -0.1) is 0 Å². The van der Waals surface area contributed by atoms with Gasteiger partial charge < -0.3 is 4.90 Å². The molecule has 0 amide bonds. The first-order valence-corrected chi connectivity index (χ1v) is 4.62. The lowest BCUT2D eigenvalue weighted by Gasteiger charge is -2.32. The smallest absolute Gasteiger partial charge is 0.129 e. The van der Waals surface area contributed by atoms with Crippen LogP contribution in [0.3, 0.4) is 0 Å². The van der Waals surface area contributed by atoms with Crippen molar-refractivity contribution in [3.05, 3.63) is 30.0 Å². The zero-order chi connectivity index (χ0) is 9.97. The van der Waals surface area contributed by atoms with E-state index in [1.54, 1.807) is 12.3 Å². The summed E-state index contributed by atoms with van der Waals surface area (Å²) in [5.41, 5.74) is 1.45. The molecular formula is C11H11N3. The fourth-order valence-electron chi connectivity index (χ4n) is 1.43. The van der Waals surface area contributed by atoms with Gasteiger partial charge in [0.05, 0.1) is 11.6 Å². The van der Waals surface area contributed by atoms with E-state index in [0.29, 0.717) is 5.56 Å². The van der Waals surface area contributed by atoms with Gasteiger partial charge in [-0.1, -0.05) is 12.7 Å². The normalized spacial score (nSPS) is 14.4. The van der Waals surface area contributed by atoms with Crippen LogP contribution in [0.25, 0.3) is 6.08 Å². The molecule has 0 aromatic carbocycles. The van der Waals surface area contributed by atoms with Gasteiger partial charge in [0.15, 0.2) is 0 Å². The molecule has 0 saturated carbocycles. The third-order valence-electron chi connectivity index (χ3n) is 2.44. The summed E-state index contributed by atoms with van der Waals surface area (Å²) >= 11 is 0. The van der Waals surface area contributed by atoms with Gasteiger partial charge in [-0.25, -0.2) is 4.98 Å². The van der Waals surface area contributed by atoms with Gasteiger partial charge >= 0.3 is 0 Å². The number of anilines is 1. The standard InChI is InChI=1S/C11H11N3/c1-2-9-8-13-11(6-10(9)7-12)14-4-3-5-14/h2,6,8H,1,3-5H2. The van der Waals surface area contributed by atoms with Gasteiger partial charge in [-0.2, -0.15) is 5.26 Å². The number of hydrogen-bond donors (Lipinski definition) is 0. The van der Waals surface area contributed by atoms with Crippen molar-refractivity contribution in [3.63, 3.8) is 0 Å². The fraction of sp³-hybridized carbons (Fsp3) is 0.273. The molecule has 0 spiro atoms. The monoisotopic (exact) mass is 185 g/mol. The minimum atomic E-state index is 0.650. The minimum absolute atomic E-state index is 0.650. The van der Waals surface area contributed by atoms with Crippen LogP contribution in [0.4, 0.5) is 5.82 Å². The average molecular weight is 185 g/mol. The average Bonchev–Trinajstić information content (AvgIpc) is 2.15. The SMILES string of the molecule is C=Cc1cnc(N2CCC2)cc1C#N. The zero-order valence-corrected chi connectivity index (χ0v) is 7.90. The molecule has 1 aromatic heterocycles. The van der Waals surface area contributed by atoms with Crippen molar-refractivity contribution in [3.8, 4) is 6.07 Å². The molecule has 0 unspecified atom stereocenters. The summed E-state index contributed by atoms with van der Waals surface area (Å²) in [4.78, 5) is 6.44. The Morgan fingerprint density at radius 2 is 2.36 bits per heavy atom. The van der Waals surface area contributed by atoms with Crippen molar-refractivity contribution >= 4 is 11.9 Å². The highest BCUT2D eigenvalue weighted by Crippen LogP contribution is 2.20. The molecule has 1 fully saturated rings. The first-order chi connectivity index (χ1) is 6.85. The Kier molecular flexibility index (Phi) is 2.19. The summed E-state index contributed by atoms with van der Waals surface area (Å²) in [6, 6.07) is 3.98.